The fourth-order valence-electron chi connectivity index (χ4n) is 1.57. The van der Waals surface area contributed by atoms with E-state index in [0.717, 1.165) is 19.5 Å². The molecule has 6 heteroatoms. The number of hydrogen-bond acceptors (Lipinski definition) is 4. The van der Waals surface area contributed by atoms with E-state index in [1.54, 1.807) is 0 Å². The van der Waals surface area contributed by atoms with Crippen molar-refractivity contribution in [1.29, 1.82) is 0 Å². The highest BCUT2D eigenvalue weighted by molar-refractivity contribution is 9.10. The molecule has 0 aromatic carbocycles. The van der Waals surface area contributed by atoms with Gasteiger partial charge in [0.2, 0.25) is 0 Å². The van der Waals surface area contributed by atoms with E-state index in [2.05, 4.69) is 25.9 Å². The molecular formula is C8H11BrN4O. The average Bonchev–Trinajstić information content (AvgIpc) is 2.57. The maximum Gasteiger partial charge on any atom is 0.267 e. The lowest BCUT2D eigenvalue weighted by molar-refractivity contribution is 0.751. The van der Waals surface area contributed by atoms with E-state index in [1.165, 1.54) is 6.33 Å². The molecule has 76 valence electrons. The van der Waals surface area contributed by atoms with Crippen LogP contribution < -0.4 is 16.2 Å². The Kier molecular flexibility index (Phi) is 2.56. The van der Waals surface area contributed by atoms with E-state index in [-0.39, 0.29) is 11.6 Å². The van der Waals surface area contributed by atoms with Crippen LogP contribution in [0.25, 0.3) is 0 Å². The first kappa shape index (κ1) is 9.67. The van der Waals surface area contributed by atoms with Gasteiger partial charge in [-0.05, 0) is 22.4 Å². The van der Waals surface area contributed by atoms with Crippen molar-refractivity contribution in [3.05, 3.63) is 21.2 Å². The molecule has 1 saturated heterocycles. The van der Waals surface area contributed by atoms with Gasteiger partial charge >= 0.3 is 0 Å². The molecule has 1 fully saturated rings. The number of halogens is 1. The summed E-state index contributed by atoms with van der Waals surface area (Å²) in [5.74, 6) is 0.682. The second-order valence-electron chi connectivity index (χ2n) is 3.36. The number of aromatic nitrogens is 2. The molecule has 1 unspecified atom stereocenters. The van der Waals surface area contributed by atoms with Gasteiger partial charge in [0.1, 0.15) is 10.3 Å². The maximum absolute atomic E-state index is 11.3. The number of H-pyrrole nitrogens is 1. The molecule has 0 radical (unpaired) electrons. The number of nitrogens with two attached hydrogens (primary N) is 1. The monoisotopic (exact) mass is 258 g/mol. The fraction of sp³-hybridized carbons (Fsp3) is 0.500. The minimum absolute atomic E-state index is 0.157. The summed E-state index contributed by atoms with van der Waals surface area (Å²) in [7, 11) is 0. The van der Waals surface area contributed by atoms with E-state index in [9.17, 15) is 4.79 Å². The summed E-state index contributed by atoms with van der Waals surface area (Å²) in [6.45, 7) is 1.62. The molecule has 1 aromatic rings. The van der Waals surface area contributed by atoms with Gasteiger partial charge in [-0.2, -0.15) is 0 Å². The quantitative estimate of drug-likeness (QED) is 0.748. The van der Waals surface area contributed by atoms with Crippen LogP contribution in [0.1, 0.15) is 6.42 Å². The Hall–Kier alpha value is -0.880. The van der Waals surface area contributed by atoms with E-state index < -0.39 is 0 Å². The van der Waals surface area contributed by atoms with Crippen LogP contribution in [0.15, 0.2) is 15.6 Å². The third kappa shape index (κ3) is 1.67. The topological polar surface area (TPSA) is 75.0 Å². The smallest absolute Gasteiger partial charge is 0.267 e. The van der Waals surface area contributed by atoms with Crippen molar-refractivity contribution in [3.63, 3.8) is 0 Å². The number of hydrogen-bond donors (Lipinski definition) is 2. The van der Waals surface area contributed by atoms with E-state index in [1.807, 2.05) is 4.90 Å². The molecule has 0 aliphatic carbocycles. The summed E-state index contributed by atoms with van der Waals surface area (Å²) in [4.78, 5) is 19.9. The van der Waals surface area contributed by atoms with Crippen LogP contribution >= 0.6 is 15.9 Å². The Morgan fingerprint density at radius 1 is 1.71 bits per heavy atom. The molecule has 2 heterocycles. The first-order valence-corrected chi connectivity index (χ1v) is 5.21. The Balaban J connectivity index is 2.33. The lowest BCUT2D eigenvalue weighted by Crippen LogP contribution is -2.28. The van der Waals surface area contributed by atoms with Crippen molar-refractivity contribution >= 4 is 21.7 Å². The second kappa shape index (κ2) is 3.70. The lowest BCUT2D eigenvalue weighted by atomic mass is 10.3. The molecule has 1 aliphatic heterocycles. The van der Waals surface area contributed by atoms with Gasteiger partial charge in [-0.1, -0.05) is 0 Å². The van der Waals surface area contributed by atoms with E-state index in [4.69, 9.17) is 5.73 Å². The van der Waals surface area contributed by atoms with Crippen molar-refractivity contribution in [2.24, 2.45) is 5.73 Å². The zero-order valence-electron chi connectivity index (χ0n) is 7.53. The standard InChI is InChI=1S/C8H11BrN4O/c9-6-7(11-4-12-8(6)14)13-2-1-5(10)3-13/h4-5H,1-3,10H2,(H,11,12,14). The molecule has 1 atom stereocenters. The molecule has 1 aromatic heterocycles. The Morgan fingerprint density at radius 3 is 3.14 bits per heavy atom. The normalized spacial score (nSPS) is 21.6. The molecule has 1 aliphatic rings. The predicted octanol–water partition coefficient (Wildman–Crippen LogP) is 0.0698. The van der Waals surface area contributed by atoms with Crippen molar-refractivity contribution in [1.82, 2.24) is 9.97 Å². The second-order valence-corrected chi connectivity index (χ2v) is 4.16. The number of rotatable bonds is 1. The van der Waals surface area contributed by atoms with Gasteiger partial charge in [0, 0.05) is 19.1 Å². The summed E-state index contributed by atoms with van der Waals surface area (Å²) in [5, 5.41) is 0. The first-order valence-electron chi connectivity index (χ1n) is 4.42. The SMILES string of the molecule is NC1CCN(c2nc[nH]c(=O)c2Br)C1. The predicted molar refractivity (Wildman–Crippen MR) is 57.4 cm³/mol. The molecule has 0 saturated carbocycles. The number of aromatic amines is 1. The molecule has 0 amide bonds. The van der Waals surface area contributed by atoms with Gasteiger partial charge in [0.15, 0.2) is 0 Å². The largest absolute Gasteiger partial charge is 0.354 e. The summed E-state index contributed by atoms with van der Waals surface area (Å²) in [6, 6.07) is 0.183. The average molecular weight is 259 g/mol. The van der Waals surface area contributed by atoms with Gasteiger partial charge in [-0.3, -0.25) is 4.79 Å². The van der Waals surface area contributed by atoms with Crippen LogP contribution in [0, 0.1) is 0 Å². The van der Waals surface area contributed by atoms with Crippen molar-refractivity contribution in [3.8, 4) is 0 Å². The third-order valence-electron chi connectivity index (χ3n) is 2.30. The van der Waals surface area contributed by atoms with E-state index >= 15 is 0 Å². The van der Waals surface area contributed by atoms with Crippen LogP contribution in [0.4, 0.5) is 5.82 Å². The highest BCUT2D eigenvalue weighted by Gasteiger charge is 2.22. The van der Waals surface area contributed by atoms with Crippen molar-refractivity contribution < 1.29 is 0 Å². The zero-order valence-corrected chi connectivity index (χ0v) is 9.12. The van der Waals surface area contributed by atoms with Crippen LogP contribution in [0.5, 0.6) is 0 Å². The van der Waals surface area contributed by atoms with Gasteiger partial charge in [-0.15, -0.1) is 0 Å². The Morgan fingerprint density at radius 2 is 2.50 bits per heavy atom. The van der Waals surface area contributed by atoms with Gasteiger partial charge in [-0.25, -0.2) is 4.98 Å². The van der Waals surface area contributed by atoms with Crippen LogP contribution in [-0.2, 0) is 0 Å². The van der Waals surface area contributed by atoms with Gasteiger partial charge in [0.05, 0.1) is 6.33 Å². The summed E-state index contributed by atoms with van der Waals surface area (Å²) >= 11 is 3.22. The fourth-order valence-corrected chi connectivity index (χ4v) is 2.04. The summed E-state index contributed by atoms with van der Waals surface area (Å²) < 4.78 is 0.481. The molecule has 0 spiro atoms. The van der Waals surface area contributed by atoms with Gasteiger partial charge in [0.25, 0.3) is 5.56 Å². The molecular weight excluding hydrogens is 248 g/mol. The molecule has 14 heavy (non-hydrogen) atoms. The van der Waals surface area contributed by atoms with Crippen molar-refractivity contribution in [2.45, 2.75) is 12.5 Å². The molecule has 5 nitrogen and oxygen atoms in total. The van der Waals surface area contributed by atoms with Crippen molar-refractivity contribution in [2.75, 3.05) is 18.0 Å². The molecule has 3 N–H and O–H groups in total. The van der Waals surface area contributed by atoms with Crippen LogP contribution in [0.2, 0.25) is 0 Å². The third-order valence-corrected chi connectivity index (χ3v) is 3.02. The molecule has 0 bridgehead atoms. The highest BCUT2D eigenvalue weighted by atomic mass is 79.9. The summed E-state index contributed by atoms with van der Waals surface area (Å²) in [5.41, 5.74) is 5.62. The Labute approximate surface area is 89.5 Å². The van der Waals surface area contributed by atoms with Crippen LogP contribution in [-0.4, -0.2) is 29.1 Å². The lowest BCUT2D eigenvalue weighted by Gasteiger charge is -2.17. The highest BCUT2D eigenvalue weighted by Crippen LogP contribution is 2.22. The number of anilines is 1. The number of nitrogens with one attached hydrogen (secondary N) is 1. The minimum Gasteiger partial charge on any atom is -0.354 e. The first-order chi connectivity index (χ1) is 6.68. The maximum atomic E-state index is 11.3. The minimum atomic E-state index is -0.157. The summed E-state index contributed by atoms with van der Waals surface area (Å²) in [6.07, 6.45) is 2.35. The number of nitrogens with zero attached hydrogens (tertiary/aromatic N) is 2. The van der Waals surface area contributed by atoms with Gasteiger partial charge < -0.3 is 15.6 Å². The Bertz CT molecular complexity index is 391. The zero-order chi connectivity index (χ0) is 10.1. The van der Waals surface area contributed by atoms with E-state index in [0.29, 0.717) is 10.3 Å². The molecule has 2 rings (SSSR count). The van der Waals surface area contributed by atoms with Crippen LogP contribution in [0.3, 0.4) is 0 Å².